The van der Waals surface area contributed by atoms with Gasteiger partial charge in [0, 0.05) is 36.3 Å². The van der Waals surface area contributed by atoms with Crippen LogP contribution in [-0.2, 0) is 0 Å². The maximum atomic E-state index is 6.34. The van der Waals surface area contributed by atoms with Gasteiger partial charge in [0.2, 0.25) is 0 Å². The molecular weight excluding hydrogens is 314 g/mol. The molecule has 3 rings (SSSR count). The third-order valence-corrected chi connectivity index (χ3v) is 4.91. The standard InChI is InChI=1S/C13H17BrClN3/c1-2-12-10-6-16-4-8(10)7-18(12)13-11(15)3-9(14)5-17-13/h3,5,8,10,12,16H,2,4,6-7H2,1H3. The molecule has 3 nitrogen and oxygen atoms in total. The zero-order chi connectivity index (χ0) is 12.7. The number of aromatic nitrogens is 1. The average Bonchev–Trinajstić information content (AvgIpc) is 2.88. The molecule has 18 heavy (non-hydrogen) atoms. The number of halogens is 2. The SMILES string of the molecule is CCC1C2CNCC2CN1c1ncc(Br)cc1Cl. The van der Waals surface area contributed by atoms with E-state index < -0.39 is 0 Å². The zero-order valence-electron chi connectivity index (χ0n) is 10.4. The van der Waals surface area contributed by atoms with Crippen LogP contribution in [0.2, 0.25) is 5.02 Å². The van der Waals surface area contributed by atoms with Crippen molar-refractivity contribution in [2.45, 2.75) is 19.4 Å². The minimum absolute atomic E-state index is 0.566. The van der Waals surface area contributed by atoms with Gasteiger partial charge in [-0.15, -0.1) is 0 Å². The lowest BCUT2D eigenvalue weighted by atomic mass is 9.93. The first-order valence-corrected chi connectivity index (χ1v) is 7.66. The van der Waals surface area contributed by atoms with Gasteiger partial charge in [-0.2, -0.15) is 0 Å². The van der Waals surface area contributed by atoms with Gasteiger partial charge in [-0.05, 0) is 40.3 Å². The first kappa shape index (κ1) is 12.7. The van der Waals surface area contributed by atoms with Crippen molar-refractivity contribution in [3.8, 4) is 0 Å². The molecule has 1 aromatic rings. The zero-order valence-corrected chi connectivity index (χ0v) is 12.7. The normalized spacial score (nSPS) is 30.8. The van der Waals surface area contributed by atoms with Crippen molar-refractivity contribution in [1.29, 1.82) is 0 Å². The van der Waals surface area contributed by atoms with Crippen LogP contribution in [0.3, 0.4) is 0 Å². The fourth-order valence-corrected chi connectivity index (χ4v) is 4.15. The molecule has 2 aliphatic rings. The van der Waals surface area contributed by atoms with E-state index in [2.05, 4.69) is 38.1 Å². The number of fused-ring (bicyclic) bond motifs is 1. The van der Waals surface area contributed by atoms with Gasteiger partial charge < -0.3 is 10.2 Å². The van der Waals surface area contributed by atoms with E-state index in [9.17, 15) is 0 Å². The number of nitrogens with zero attached hydrogens (tertiary/aromatic N) is 2. The molecule has 3 atom stereocenters. The van der Waals surface area contributed by atoms with Gasteiger partial charge in [0.25, 0.3) is 0 Å². The summed E-state index contributed by atoms with van der Waals surface area (Å²) in [7, 11) is 0. The summed E-state index contributed by atoms with van der Waals surface area (Å²) >= 11 is 9.75. The Labute approximate surface area is 121 Å². The summed E-state index contributed by atoms with van der Waals surface area (Å²) in [6, 6.07) is 2.50. The lowest BCUT2D eigenvalue weighted by molar-refractivity contribution is 0.441. The Kier molecular flexibility index (Phi) is 3.52. The van der Waals surface area contributed by atoms with Crippen molar-refractivity contribution in [2.75, 3.05) is 24.5 Å². The number of rotatable bonds is 2. The highest BCUT2D eigenvalue weighted by atomic mass is 79.9. The molecule has 0 spiro atoms. The molecule has 2 saturated heterocycles. The second kappa shape index (κ2) is 4.99. The van der Waals surface area contributed by atoms with Gasteiger partial charge in [-0.1, -0.05) is 18.5 Å². The van der Waals surface area contributed by atoms with Gasteiger partial charge in [0.15, 0.2) is 0 Å². The molecule has 0 aromatic carbocycles. The molecule has 0 amide bonds. The fraction of sp³-hybridized carbons (Fsp3) is 0.615. The summed E-state index contributed by atoms with van der Waals surface area (Å²) in [6.07, 6.45) is 2.98. The molecule has 0 aliphatic carbocycles. The molecule has 0 saturated carbocycles. The Morgan fingerprint density at radius 1 is 1.56 bits per heavy atom. The Bertz CT molecular complexity index is 454. The number of hydrogen-bond donors (Lipinski definition) is 1. The predicted molar refractivity (Wildman–Crippen MR) is 78.2 cm³/mol. The predicted octanol–water partition coefficient (Wildman–Crippen LogP) is 2.93. The van der Waals surface area contributed by atoms with E-state index in [1.54, 1.807) is 0 Å². The van der Waals surface area contributed by atoms with Crippen LogP contribution in [0.5, 0.6) is 0 Å². The first-order chi connectivity index (χ1) is 8.70. The van der Waals surface area contributed by atoms with Gasteiger partial charge >= 0.3 is 0 Å². The summed E-state index contributed by atoms with van der Waals surface area (Å²) in [6.45, 7) is 5.59. The molecule has 98 valence electrons. The third-order valence-electron chi connectivity index (χ3n) is 4.20. The molecule has 1 aromatic heterocycles. The first-order valence-electron chi connectivity index (χ1n) is 6.49. The second-order valence-corrected chi connectivity index (χ2v) is 6.49. The molecule has 2 aliphatic heterocycles. The average molecular weight is 331 g/mol. The van der Waals surface area contributed by atoms with Gasteiger partial charge in [0.05, 0.1) is 5.02 Å². The highest BCUT2D eigenvalue weighted by Gasteiger charge is 2.44. The molecule has 5 heteroatoms. The molecular formula is C13H17BrClN3. The van der Waals surface area contributed by atoms with Crippen molar-refractivity contribution >= 4 is 33.3 Å². The van der Waals surface area contributed by atoms with Crippen LogP contribution in [0, 0.1) is 11.8 Å². The van der Waals surface area contributed by atoms with E-state index in [0.29, 0.717) is 6.04 Å². The summed E-state index contributed by atoms with van der Waals surface area (Å²) < 4.78 is 0.936. The Balaban J connectivity index is 1.91. The summed E-state index contributed by atoms with van der Waals surface area (Å²) in [5.41, 5.74) is 0. The van der Waals surface area contributed by atoms with E-state index in [0.717, 1.165) is 53.2 Å². The minimum atomic E-state index is 0.566. The van der Waals surface area contributed by atoms with Crippen molar-refractivity contribution in [2.24, 2.45) is 11.8 Å². The molecule has 3 heterocycles. The van der Waals surface area contributed by atoms with Crippen molar-refractivity contribution < 1.29 is 0 Å². The monoisotopic (exact) mass is 329 g/mol. The maximum absolute atomic E-state index is 6.34. The largest absolute Gasteiger partial charge is 0.352 e. The molecule has 0 bridgehead atoms. The molecule has 3 unspecified atom stereocenters. The van der Waals surface area contributed by atoms with Crippen LogP contribution in [0.4, 0.5) is 5.82 Å². The lowest BCUT2D eigenvalue weighted by Crippen LogP contribution is -2.35. The summed E-state index contributed by atoms with van der Waals surface area (Å²) in [5.74, 6) is 2.44. The van der Waals surface area contributed by atoms with E-state index in [1.165, 1.54) is 0 Å². The second-order valence-electron chi connectivity index (χ2n) is 5.17. The number of nitrogens with one attached hydrogen (secondary N) is 1. The van der Waals surface area contributed by atoms with Gasteiger partial charge in [0.1, 0.15) is 5.82 Å². The van der Waals surface area contributed by atoms with Gasteiger partial charge in [-0.25, -0.2) is 4.98 Å². The molecule has 1 N–H and O–H groups in total. The van der Waals surface area contributed by atoms with Crippen LogP contribution in [0.1, 0.15) is 13.3 Å². The highest BCUT2D eigenvalue weighted by Crippen LogP contribution is 2.39. The fourth-order valence-electron chi connectivity index (χ4n) is 3.41. The van der Waals surface area contributed by atoms with Crippen LogP contribution in [0.25, 0.3) is 0 Å². The lowest BCUT2D eigenvalue weighted by Gasteiger charge is -2.28. The Hall–Kier alpha value is -0.320. The maximum Gasteiger partial charge on any atom is 0.147 e. The van der Waals surface area contributed by atoms with E-state index in [4.69, 9.17) is 11.6 Å². The smallest absolute Gasteiger partial charge is 0.147 e. The number of anilines is 1. The number of pyridine rings is 1. The Morgan fingerprint density at radius 2 is 2.39 bits per heavy atom. The van der Waals surface area contributed by atoms with Crippen LogP contribution >= 0.6 is 27.5 Å². The minimum Gasteiger partial charge on any atom is -0.352 e. The quantitative estimate of drug-likeness (QED) is 0.904. The molecule has 0 radical (unpaired) electrons. The van der Waals surface area contributed by atoms with E-state index >= 15 is 0 Å². The molecule has 2 fully saturated rings. The topological polar surface area (TPSA) is 28.2 Å². The van der Waals surface area contributed by atoms with Crippen molar-refractivity contribution in [3.05, 3.63) is 21.8 Å². The number of hydrogen-bond acceptors (Lipinski definition) is 3. The van der Waals surface area contributed by atoms with Crippen LogP contribution in [0.15, 0.2) is 16.7 Å². The van der Waals surface area contributed by atoms with Crippen LogP contribution < -0.4 is 10.2 Å². The van der Waals surface area contributed by atoms with Crippen molar-refractivity contribution in [3.63, 3.8) is 0 Å². The van der Waals surface area contributed by atoms with E-state index in [-0.39, 0.29) is 0 Å². The van der Waals surface area contributed by atoms with E-state index in [1.807, 2.05) is 12.3 Å². The van der Waals surface area contributed by atoms with Crippen molar-refractivity contribution in [1.82, 2.24) is 10.3 Å². The van der Waals surface area contributed by atoms with Crippen LogP contribution in [-0.4, -0.2) is 30.7 Å². The third kappa shape index (κ3) is 2.04. The summed E-state index contributed by atoms with van der Waals surface area (Å²) in [5, 5.41) is 4.24. The highest BCUT2D eigenvalue weighted by molar-refractivity contribution is 9.10. The van der Waals surface area contributed by atoms with Gasteiger partial charge in [-0.3, -0.25) is 0 Å². The summed E-state index contributed by atoms with van der Waals surface area (Å²) in [4.78, 5) is 6.92. The Morgan fingerprint density at radius 3 is 3.11 bits per heavy atom.